The number of halogens is 1. The van der Waals surface area contributed by atoms with Crippen LogP contribution in [0.2, 0.25) is 5.02 Å². The number of hydrogen-bond donors (Lipinski definition) is 1. The molecule has 0 radical (unpaired) electrons. The van der Waals surface area contributed by atoms with E-state index in [0.29, 0.717) is 11.5 Å². The van der Waals surface area contributed by atoms with Crippen molar-refractivity contribution in [2.75, 3.05) is 20.8 Å². The van der Waals surface area contributed by atoms with E-state index in [2.05, 4.69) is 4.98 Å². The number of H-pyrrole nitrogens is 1. The molecule has 12 nitrogen and oxygen atoms in total. The van der Waals surface area contributed by atoms with Crippen molar-refractivity contribution in [2.24, 2.45) is 0 Å². The number of aromatic nitrogens is 2. The zero-order valence-electron chi connectivity index (χ0n) is 27.9. The Kier molecular flexibility index (Phi) is 10.8. The van der Waals surface area contributed by atoms with Gasteiger partial charge in [0.05, 0.1) is 32.0 Å². The number of hydrogen-bond acceptors (Lipinski definition) is 10. The molecular weight excluding hydrogens is 699 g/mol. The maximum Gasteiger partial charge on any atom is 0.330 e. The summed E-state index contributed by atoms with van der Waals surface area (Å²) in [6.07, 6.45) is -2.04. The number of nitrogens with one attached hydrogen (secondary N) is 1. The predicted octanol–water partition coefficient (Wildman–Crippen LogP) is 5.74. The van der Waals surface area contributed by atoms with Crippen molar-refractivity contribution >= 4 is 19.4 Å². The highest BCUT2D eigenvalue weighted by molar-refractivity contribution is 7.46. The fourth-order valence-corrected chi connectivity index (χ4v) is 7.26. The van der Waals surface area contributed by atoms with Crippen molar-refractivity contribution < 1.29 is 37.5 Å². The van der Waals surface area contributed by atoms with Gasteiger partial charge in [-0.2, -0.15) is 0 Å². The molecule has 0 bridgehead atoms. The fraction of sp³-hybridized carbons (Fsp3) is 0.243. The average molecular weight is 734 g/mol. The Morgan fingerprint density at radius 2 is 1.45 bits per heavy atom. The summed E-state index contributed by atoms with van der Waals surface area (Å²) in [5, 5.41) is 0.0690. The number of benzene rings is 4. The molecule has 0 saturated carbocycles. The molecule has 1 unspecified atom stereocenters. The van der Waals surface area contributed by atoms with E-state index in [1.807, 2.05) is 78.9 Å². The van der Waals surface area contributed by atoms with Crippen LogP contribution >= 0.6 is 19.4 Å². The lowest BCUT2D eigenvalue weighted by Crippen LogP contribution is -2.39. The number of para-hydroxylation sites is 1. The van der Waals surface area contributed by atoms with Gasteiger partial charge in [0.1, 0.15) is 35.2 Å². The summed E-state index contributed by atoms with van der Waals surface area (Å²) in [6, 6.07) is 30.4. The van der Waals surface area contributed by atoms with E-state index in [1.165, 1.54) is 22.9 Å². The van der Waals surface area contributed by atoms with Crippen molar-refractivity contribution in [2.45, 2.75) is 37.4 Å². The lowest BCUT2D eigenvalue weighted by atomic mass is 9.80. The molecule has 266 valence electrons. The molecule has 6 rings (SSSR count). The number of ether oxygens (including phenoxy) is 4. The molecule has 1 saturated heterocycles. The lowest BCUT2D eigenvalue weighted by Gasteiger charge is -2.37. The van der Waals surface area contributed by atoms with E-state index in [0.717, 1.165) is 16.7 Å². The molecule has 14 heteroatoms. The number of phosphoric ester groups is 1. The second-order valence-corrected chi connectivity index (χ2v) is 13.5. The third-order valence-corrected chi connectivity index (χ3v) is 9.85. The largest absolute Gasteiger partial charge is 0.746 e. The number of nitrogens with zero attached hydrogens (tertiary/aromatic N) is 1. The maximum atomic E-state index is 13.3. The molecule has 1 aliphatic rings. The fourth-order valence-electron chi connectivity index (χ4n) is 6.04. The Hall–Kier alpha value is -4.68. The second kappa shape index (κ2) is 15.3. The molecule has 2 heterocycles. The van der Waals surface area contributed by atoms with Crippen LogP contribution in [0.1, 0.15) is 34.9 Å². The van der Waals surface area contributed by atoms with Crippen molar-refractivity contribution in [3.63, 3.8) is 0 Å². The number of methoxy groups -OCH3 is 2. The van der Waals surface area contributed by atoms with E-state index in [9.17, 15) is 19.0 Å². The van der Waals surface area contributed by atoms with Gasteiger partial charge in [-0.1, -0.05) is 78.3 Å². The van der Waals surface area contributed by atoms with E-state index in [4.69, 9.17) is 39.6 Å². The summed E-state index contributed by atoms with van der Waals surface area (Å²) in [5.74, 6) is 1.16. The molecule has 1 aliphatic heterocycles. The average Bonchev–Trinajstić information content (AvgIpc) is 3.53. The van der Waals surface area contributed by atoms with Gasteiger partial charge in [-0.05, 0) is 60.0 Å². The van der Waals surface area contributed by atoms with E-state index >= 15 is 0 Å². The first-order valence-electron chi connectivity index (χ1n) is 15.9. The molecule has 1 fully saturated rings. The third kappa shape index (κ3) is 7.82. The van der Waals surface area contributed by atoms with Gasteiger partial charge < -0.3 is 32.9 Å². The molecule has 1 N–H and O–H groups in total. The Morgan fingerprint density at radius 1 is 0.882 bits per heavy atom. The zero-order valence-corrected chi connectivity index (χ0v) is 29.5. The van der Waals surface area contributed by atoms with Gasteiger partial charge >= 0.3 is 13.5 Å². The third-order valence-electron chi connectivity index (χ3n) is 8.59. The molecule has 4 atom stereocenters. The summed E-state index contributed by atoms with van der Waals surface area (Å²) < 4.78 is 49.6. The summed E-state index contributed by atoms with van der Waals surface area (Å²) in [7, 11) is -1.92. The standard InChI is InChI=1S/C37H36ClN2O10P/c1-24-22-40(36(42)39-35(24)41)34-21-32(50-51(43,44)49-31-12-8-7-11-30(31)38)33(48-34)23-47-37(25-9-5-4-6-10-25,26-13-17-28(45-2)18-14-26)27-15-19-29(46-3)20-16-27/h4-20,22,32-34H,21,23H2,1-3H3,(H,43,44)(H,39,41,42)/p-1/t32-,33+,34+/m0/s1. The van der Waals surface area contributed by atoms with Crippen LogP contribution in [0.4, 0.5) is 0 Å². The van der Waals surface area contributed by atoms with Crippen molar-refractivity contribution in [1.29, 1.82) is 0 Å². The van der Waals surface area contributed by atoms with E-state index in [1.54, 1.807) is 33.3 Å². The minimum absolute atomic E-state index is 0.0690. The second-order valence-electron chi connectivity index (χ2n) is 11.8. The lowest BCUT2D eigenvalue weighted by molar-refractivity contribution is -0.223. The Labute approximate surface area is 298 Å². The number of rotatable bonds is 13. The molecule has 5 aromatic rings. The van der Waals surface area contributed by atoms with Gasteiger partial charge in [0.2, 0.25) is 0 Å². The predicted molar refractivity (Wildman–Crippen MR) is 187 cm³/mol. The van der Waals surface area contributed by atoms with Crippen LogP contribution in [0.3, 0.4) is 0 Å². The Morgan fingerprint density at radius 3 is 2.04 bits per heavy atom. The summed E-state index contributed by atoms with van der Waals surface area (Å²) in [6.45, 7) is 1.32. The van der Waals surface area contributed by atoms with E-state index in [-0.39, 0.29) is 29.4 Å². The summed E-state index contributed by atoms with van der Waals surface area (Å²) in [4.78, 5) is 40.7. The van der Waals surface area contributed by atoms with Gasteiger partial charge in [0.25, 0.3) is 5.56 Å². The minimum atomic E-state index is -5.07. The van der Waals surface area contributed by atoms with Crippen LogP contribution < -0.4 is 30.1 Å². The number of phosphoric acid groups is 1. The molecular formula is C37H35ClN2O10P-. The summed E-state index contributed by atoms with van der Waals surface area (Å²) >= 11 is 6.17. The van der Waals surface area contributed by atoms with Crippen LogP contribution in [0.5, 0.6) is 17.2 Å². The summed E-state index contributed by atoms with van der Waals surface area (Å²) in [5.41, 5.74) is -0.0712. The van der Waals surface area contributed by atoms with Crippen LogP contribution in [-0.4, -0.2) is 42.6 Å². The molecule has 1 aromatic heterocycles. The Bertz CT molecular complexity index is 2080. The smallest absolute Gasteiger partial charge is 0.330 e. The molecule has 4 aromatic carbocycles. The minimum Gasteiger partial charge on any atom is -0.746 e. The van der Waals surface area contributed by atoms with Crippen molar-refractivity contribution in [1.82, 2.24) is 9.55 Å². The monoisotopic (exact) mass is 733 g/mol. The SMILES string of the molecule is COc1ccc(C(OC[C@H]2O[C@@H](n3cc(C)c(=O)[nH]c3=O)C[C@@H]2OP(=O)([O-])Oc2ccccc2Cl)(c2ccccc2)c2ccc(OC)cc2)cc1. The number of aryl methyl sites for hydroxylation is 1. The van der Waals surface area contributed by atoms with Gasteiger partial charge in [-0.3, -0.25) is 18.9 Å². The van der Waals surface area contributed by atoms with Crippen molar-refractivity contribution in [3.8, 4) is 17.2 Å². The van der Waals surface area contributed by atoms with Crippen LogP contribution in [0.15, 0.2) is 119 Å². The van der Waals surface area contributed by atoms with Gasteiger partial charge in [-0.15, -0.1) is 0 Å². The van der Waals surface area contributed by atoms with Crippen molar-refractivity contribution in [3.05, 3.63) is 157 Å². The van der Waals surface area contributed by atoms with Crippen LogP contribution in [-0.2, 0) is 24.2 Å². The van der Waals surface area contributed by atoms with Crippen LogP contribution in [0.25, 0.3) is 0 Å². The molecule has 0 spiro atoms. The first-order chi connectivity index (χ1) is 24.5. The Balaban J connectivity index is 1.41. The topological polar surface area (TPSA) is 150 Å². The normalized spacial score (nSPS) is 18.6. The first-order valence-corrected chi connectivity index (χ1v) is 17.8. The van der Waals surface area contributed by atoms with E-state index < -0.39 is 43.1 Å². The van der Waals surface area contributed by atoms with Gasteiger partial charge in [-0.25, -0.2) is 4.79 Å². The molecule has 0 aliphatic carbocycles. The van der Waals surface area contributed by atoms with Crippen LogP contribution in [0, 0.1) is 6.92 Å². The van der Waals surface area contributed by atoms with Gasteiger partial charge in [0, 0.05) is 18.2 Å². The maximum absolute atomic E-state index is 13.3. The number of aromatic amines is 1. The highest BCUT2D eigenvalue weighted by Gasteiger charge is 2.44. The highest BCUT2D eigenvalue weighted by atomic mass is 35.5. The molecule has 0 amide bonds. The highest BCUT2D eigenvalue weighted by Crippen LogP contribution is 2.48. The quantitative estimate of drug-likeness (QED) is 0.117. The molecule has 51 heavy (non-hydrogen) atoms. The zero-order chi connectivity index (χ0) is 36.2. The first kappa shape index (κ1) is 36.1. The van der Waals surface area contributed by atoms with Gasteiger partial charge in [0.15, 0.2) is 0 Å².